The molecule has 0 radical (unpaired) electrons. The van der Waals surface area contributed by atoms with Crippen molar-refractivity contribution in [2.75, 3.05) is 5.32 Å². The minimum atomic E-state index is -1.02. The van der Waals surface area contributed by atoms with E-state index in [-0.39, 0.29) is 23.7 Å². The first-order chi connectivity index (χ1) is 8.40. The number of rotatable bonds is 5. The zero-order valence-electron chi connectivity index (χ0n) is 9.17. The molecule has 0 saturated heterocycles. The van der Waals surface area contributed by atoms with Gasteiger partial charge in [0.05, 0.1) is 0 Å². The van der Waals surface area contributed by atoms with Crippen LogP contribution in [0.2, 0.25) is 0 Å². The molecular weight excluding hydrogens is 312 g/mol. The fraction of sp³-hybridized carbons (Fsp3) is 0.273. The summed E-state index contributed by atoms with van der Waals surface area (Å²) in [6, 6.07) is 2.05. The molecule has 0 aliphatic carbocycles. The Hall–Kier alpha value is -1.50. The van der Waals surface area contributed by atoms with Crippen molar-refractivity contribution in [2.45, 2.75) is 19.3 Å². The van der Waals surface area contributed by atoms with Crippen LogP contribution in [0.25, 0.3) is 0 Å². The Balaban J connectivity index is 2.62. The minimum absolute atomic E-state index is 0.110. The van der Waals surface area contributed by atoms with Gasteiger partial charge < -0.3 is 10.4 Å². The fourth-order valence-electron chi connectivity index (χ4n) is 1.26. The maximum Gasteiger partial charge on any atom is 0.303 e. The molecular formula is C11H10BrF2NO3. The van der Waals surface area contributed by atoms with Crippen LogP contribution in [-0.4, -0.2) is 17.0 Å². The maximum atomic E-state index is 13.3. The van der Waals surface area contributed by atoms with Gasteiger partial charge in [-0.3, -0.25) is 9.59 Å². The molecule has 0 atom stereocenters. The molecule has 1 aromatic rings. The summed E-state index contributed by atoms with van der Waals surface area (Å²) in [6.45, 7) is 0. The number of nitrogens with one attached hydrogen (secondary N) is 1. The number of hydrogen-bond donors (Lipinski definition) is 2. The van der Waals surface area contributed by atoms with Gasteiger partial charge in [-0.05, 0) is 18.6 Å². The number of aliphatic carboxylic acids is 1. The topological polar surface area (TPSA) is 66.4 Å². The van der Waals surface area contributed by atoms with E-state index in [1.54, 1.807) is 0 Å². The van der Waals surface area contributed by atoms with Gasteiger partial charge >= 0.3 is 5.97 Å². The highest BCUT2D eigenvalue weighted by Crippen LogP contribution is 2.23. The molecule has 1 rings (SSSR count). The molecule has 2 N–H and O–H groups in total. The first-order valence-electron chi connectivity index (χ1n) is 5.06. The summed E-state index contributed by atoms with van der Waals surface area (Å²) in [5, 5.41) is 10.5. The van der Waals surface area contributed by atoms with Gasteiger partial charge in [0, 0.05) is 17.3 Å². The molecule has 4 nitrogen and oxygen atoms in total. The van der Waals surface area contributed by atoms with E-state index in [0.29, 0.717) is 0 Å². The van der Waals surface area contributed by atoms with Crippen LogP contribution in [0.3, 0.4) is 0 Å². The van der Waals surface area contributed by atoms with E-state index < -0.39 is 29.2 Å². The number of benzene rings is 1. The molecule has 0 unspecified atom stereocenters. The SMILES string of the molecule is O=C(O)CCCC(=O)Nc1c(F)cc(Br)cc1F. The third kappa shape index (κ3) is 4.40. The average Bonchev–Trinajstić information content (AvgIpc) is 2.22. The lowest BCUT2D eigenvalue weighted by molar-refractivity contribution is -0.137. The Morgan fingerprint density at radius 1 is 1.22 bits per heavy atom. The second-order valence-corrected chi connectivity index (χ2v) is 4.46. The van der Waals surface area contributed by atoms with Crippen LogP contribution in [0.5, 0.6) is 0 Å². The normalized spacial score (nSPS) is 10.2. The molecule has 1 aromatic carbocycles. The third-order valence-corrected chi connectivity index (χ3v) is 2.52. The summed E-state index contributed by atoms with van der Waals surface area (Å²) in [5.74, 6) is -3.44. The van der Waals surface area contributed by atoms with Gasteiger partial charge in [-0.1, -0.05) is 15.9 Å². The van der Waals surface area contributed by atoms with Crippen molar-refractivity contribution in [1.29, 1.82) is 0 Å². The van der Waals surface area contributed by atoms with Crippen LogP contribution in [0.1, 0.15) is 19.3 Å². The smallest absolute Gasteiger partial charge is 0.303 e. The van der Waals surface area contributed by atoms with E-state index in [4.69, 9.17) is 5.11 Å². The molecule has 0 spiro atoms. The number of carboxylic acids is 1. The fourth-order valence-corrected chi connectivity index (χ4v) is 1.67. The van der Waals surface area contributed by atoms with Gasteiger partial charge in [-0.25, -0.2) is 8.78 Å². The third-order valence-electron chi connectivity index (χ3n) is 2.07. The summed E-state index contributed by atoms with van der Waals surface area (Å²) in [5.41, 5.74) is -0.529. The monoisotopic (exact) mass is 321 g/mol. The summed E-state index contributed by atoms with van der Waals surface area (Å²) in [4.78, 5) is 21.6. The number of halogens is 3. The Morgan fingerprint density at radius 2 is 1.78 bits per heavy atom. The van der Waals surface area contributed by atoms with E-state index in [2.05, 4.69) is 21.2 Å². The molecule has 0 saturated carbocycles. The second kappa shape index (κ2) is 6.44. The number of carbonyl (C=O) groups excluding carboxylic acids is 1. The van der Waals surface area contributed by atoms with Crippen molar-refractivity contribution >= 4 is 33.5 Å². The van der Waals surface area contributed by atoms with Gasteiger partial charge in [-0.2, -0.15) is 0 Å². The first-order valence-corrected chi connectivity index (χ1v) is 5.85. The summed E-state index contributed by atoms with van der Waals surface area (Å²) < 4.78 is 26.9. The molecule has 0 fully saturated rings. The average molecular weight is 322 g/mol. The van der Waals surface area contributed by atoms with E-state index in [0.717, 1.165) is 12.1 Å². The molecule has 0 aliphatic rings. The predicted octanol–water partition coefficient (Wildman–Crippen LogP) is 2.92. The van der Waals surface area contributed by atoms with Crippen molar-refractivity contribution in [3.05, 3.63) is 28.2 Å². The molecule has 0 aromatic heterocycles. The molecule has 0 aliphatic heterocycles. The van der Waals surface area contributed by atoms with Gasteiger partial charge in [0.2, 0.25) is 5.91 Å². The van der Waals surface area contributed by atoms with Crippen LogP contribution in [0.4, 0.5) is 14.5 Å². The van der Waals surface area contributed by atoms with Gasteiger partial charge in [0.15, 0.2) is 11.6 Å². The second-order valence-electron chi connectivity index (χ2n) is 3.54. The van der Waals surface area contributed by atoms with Crippen molar-refractivity contribution in [3.63, 3.8) is 0 Å². The van der Waals surface area contributed by atoms with E-state index >= 15 is 0 Å². The number of hydrogen-bond acceptors (Lipinski definition) is 2. The number of carboxylic acid groups (broad SMARTS) is 1. The Bertz CT molecular complexity index is 456. The van der Waals surface area contributed by atoms with E-state index in [1.165, 1.54) is 0 Å². The Morgan fingerprint density at radius 3 is 2.28 bits per heavy atom. The lowest BCUT2D eigenvalue weighted by Crippen LogP contribution is -2.14. The summed E-state index contributed by atoms with van der Waals surface area (Å²) in [6.07, 6.45) is -0.166. The number of carbonyl (C=O) groups is 2. The molecule has 0 bridgehead atoms. The van der Waals surface area contributed by atoms with E-state index in [9.17, 15) is 18.4 Å². The molecule has 1 amide bonds. The Labute approximate surface area is 110 Å². The van der Waals surface area contributed by atoms with Crippen LogP contribution >= 0.6 is 15.9 Å². The quantitative estimate of drug-likeness (QED) is 0.876. The first kappa shape index (κ1) is 14.6. The highest BCUT2D eigenvalue weighted by Gasteiger charge is 2.13. The van der Waals surface area contributed by atoms with Crippen molar-refractivity contribution in [2.24, 2.45) is 0 Å². The van der Waals surface area contributed by atoms with Crippen LogP contribution < -0.4 is 5.32 Å². The van der Waals surface area contributed by atoms with Crippen LogP contribution in [0, 0.1) is 11.6 Å². The zero-order chi connectivity index (χ0) is 13.7. The molecule has 18 heavy (non-hydrogen) atoms. The minimum Gasteiger partial charge on any atom is -0.481 e. The predicted molar refractivity (Wildman–Crippen MR) is 64.2 cm³/mol. The van der Waals surface area contributed by atoms with Crippen molar-refractivity contribution < 1.29 is 23.5 Å². The molecule has 98 valence electrons. The van der Waals surface area contributed by atoms with Crippen molar-refractivity contribution in [3.8, 4) is 0 Å². The van der Waals surface area contributed by atoms with E-state index in [1.807, 2.05) is 0 Å². The van der Waals surface area contributed by atoms with Gasteiger partial charge in [0.1, 0.15) is 5.69 Å². The van der Waals surface area contributed by atoms with Gasteiger partial charge in [-0.15, -0.1) is 0 Å². The van der Waals surface area contributed by atoms with Crippen LogP contribution in [0.15, 0.2) is 16.6 Å². The molecule has 0 heterocycles. The molecule has 7 heteroatoms. The van der Waals surface area contributed by atoms with Crippen LogP contribution in [-0.2, 0) is 9.59 Å². The Kier molecular flexibility index (Phi) is 5.21. The summed E-state index contributed by atoms with van der Waals surface area (Å²) >= 11 is 2.91. The number of amides is 1. The zero-order valence-corrected chi connectivity index (χ0v) is 10.8. The summed E-state index contributed by atoms with van der Waals surface area (Å²) in [7, 11) is 0. The highest BCUT2D eigenvalue weighted by atomic mass is 79.9. The van der Waals surface area contributed by atoms with Crippen molar-refractivity contribution in [1.82, 2.24) is 0 Å². The number of anilines is 1. The largest absolute Gasteiger partial charge is 0.481 e. The standard InChI is InChI=1S/C11H10BrF2NO3/c12-6-4-7(13)11(8(14)5-6)15-9(16)2-1-3-10(17)18/h4-5H,1-3H2,(H,15,16)(H,17,18). The maximum absolute atomic E-state index is 13.3. The lowest BCUT2D eigenvalue weighted by atomic mass is 10.2. The van der Waals surface area contributed by atoms with Gasteiger partial charge in [0.25, 0.3) is 0 Å². The highest BCUT2D eigenvalue weighted by molar-refractivity contribution is 9.10. The lowest BCUT2D eigenvalue weighted by Gasteiger charge is -2.07.